The first-order valence-electron chi connectivity index (χ1n) is 4.92. The van der Waals surface area contributed by atoms with Crippen LogP contribution in [0.1, 0.15) is 19.8 Å². The molecule has 3 unspecified atom stereocenters. The van der Waals surface area contributed by atoms with Crippen molar-refractivity contribution in [1.29, 1.82) is 0 Å². The average Bonchev–Trinajstić information content (AvgIpc) is 2.47. The van der Waals surface area contributed by atoms with Gasteiger partial charge in [-0.25, -0.2) is 0 Å². The molecule has 1 heterocycles. The Morgan fingerprint density at radius 2 is 2.36 bits per heavy atom. The van der Waals surface area contributed by atoms with Crippen molar-refractivity contribution in [3.05, 3.63) is 0 Å². The molecule has 1 aliphatic rings. The Morgan fingerprint density at radius 1 is 1.71 bits per heavy atom. The molecule has 0 saturated carbocycles. The number of likely N-dealkylation sites (tertiary alicyclic amines) is 1. The van der Waals surface area contributed by atoms with Crippen LogP contribution in [0.25, 0.3) is 0 Å². The predicted octanol–water partition coefficient (Wildman–Crippen LogP) is -0.297. The Labute approximate surface area is 87.3 Å². The normalized spacial score (nSPS) is 26.6. The number of carbonyl (C=O) groups excluding carboxylic acids is 1. The lowest BCUT2D eigenvalue weighted by molar-refractivity contribution is -0.126. The van der Waals surface area contributed by atoms with Crippen molar-refractivity contribution in [3.63, 3.8) is 0 Å². The summed E-state index contributed by atoms with van der Waals surface area (Å²) < 4.78 is 11.9. The number of hydrogen-bond acceptors (Lipinski definition) is 3. The van der Waals surface area contributed by atoms with E-state index < -0.39 is 10.8 Å². The van der Waals surface area contributed by atoms with Crippen LogP contribution in [-0.2, 0) is 15.6 Å². The molecule has 1 saturated heterocycles. The predicted molar refractivity (Wildman–Crippen MR) is 57.3 cm³/mol. The Kier molecular flexibility index (Phi) is 4.07. The zero-order valence-electron chi connectivity index (χ0n) is 8.73. The van der Waals surface area contributed by atoms with Gasteiger partial charge < -0.3 is 10.6 Å². The van der Waals surface area contributed by atoms with Gasteiger partial charge in [-0.15, -0.1) is 0 Å². The minimum Gasteiger partial charge on any atom is -0.345 e. The fraction of sp³-hybridized carbons (Fsp3) is 0.889. The molecule has 2 N–H and O–H groups in total. The van der Waals surface area contributed by atoms with Crippen molar-refractivity contribution in [2.75, 3.05) is 20.1 Å². The van der Waals surface area contributed by atoms with Gasteiger partial charge in [-0.3, -0.25) is 9.00 Å². The lowest BCUT2D eigenvalue weighted by Gasteiger charge is -2.15. The highest BCUT2D eigenvalue weighted by molar-refractivity contribution is 7.87. The van der Waals surface area contributed by atoms with E-state index in [2.05, 4.69) is 0 Å². The van der Waals surface area contributed by atoms with Crippen molar-refractivity contribution in [2.24, 2.45) is 5.73 Å². The smallest absolute Gasteiger partial charge is 0.238 e. The lowest BCUT2D eigenvalue weighted by atomic mass is 10.3. The fourth-order valence-corrected chi connectivity index (χ4v) is 3.28. The second kappa shape index (κ2) is 4.89. The van der Waals surface area contributed by atoms with Gasteiger partial charge >= 0.3 is 0 Å². The molecule has 1 rings (SSSR count). The highest BCUT2D eigenvalue weighted by Gasteiger charge is 2.35. The minimum atomic E-state index is -1.06. The highest BCUT2D eigenvalue weighted by Crippen LogP contribution is 2.18. The summed E-state index contributed by atoms with van der Waals surface area (Å²) in [6, 6.07) is 0. The van der Waals surface area contributed by atoms with Gasteiger partial charge in [0.1, 0.15) is 5.25 Å². The number of hydrogen-bond donors (Lipinski definition) is 1. The van der Waals surface area contributed by atoms with Gasteiger partial charge in [0.25, 0.3) is 0 Å². The van der Waals surface area contributed by atoms with Crippen LogP contribution in [-0.4, -0.2) is 45.7 Å². The summed E-state index contributed by atoms with van der Waals surface area (Å²) in [5, 5.41) is -0.262. The second-order valence-corrected chi connectivity index (χ2v) is 5.78. The van der Waals surface area contributed by atoms with Crippen molar-refractivity contribution < 1.29 is 9.00 Å². The SMILES string of the molecule is CC(CCN)S(=O)C1CCN(C)C1=O. The summed E-state index contributed by atoms with van der Waals surface area (Å²) in [4.78, 5) is 13.2. The molecular formula is C9H18N2O2S. The molecule has 5 heteroatoms. The summed E-state index contributed by atoms with van der Waals surface area (Å²) in [6.45, 7) is 3.16. The van der Waals surface area contributed by atoms with Crippen LogP contribution in [0.2, 0.25) is 0 Å². The van der Waals surface area contributed by atoms with Crippen LogP contribution in [0.3, 0.4) is 0 Å². The Bertz CT molecular complexity index is 245. The molecule has 0 aliphatic carbocycles. The maximum atomic E-state index is 11.9. The van der Waals surface area contributed by atoms with Crippen LogP contribution in [0.15, 0.2) is 0 Å². The van der Waals surface area contributed by atoms with Crippen molar-refractivity contribution in [3.8, 4) is 0 Å². The average molecular weight is 218 g/mol. The molecular weight excluding hydrogens is 200 g/mol. The van der Waals surface area contributed by atoms with E-state index in [0.29, 0.717) is 6.54 Å². The van der Waals surface area contributed by atoms with Crippen LogP contribution in [0.4, 0.5) is 0 Å². The van der Waals surface area contributed by atoms with E-state index in [1.54, 1.807) is 11.9 Å². The lowest BCUT2D eigenvalue weighted by Crippen LogP contribution is -2.33. The van der Waals surface area contributed by atoms with Crippen LogP contribution >= 0.6 is 0 Å². The number of nitrogens with zero attached hydrogens (tertiary/aromatic N) is 1. The van der Waals surface area contributed by atoms with Crippen molar-refractivity contribution in [2.45, 2.75) is 30.3 Å². The summed E-state index contributed by atoms with van der Waals surface area (Å²) in [6.07, 6.45) is 1.44. The van der Waals surface area contributed by atoms with E-state index >= 15 is 0 Å². The van der Waals surface area contributed by atoms with E-state index in [1.807, 2.05) is 6.92 Å². The molecule has 4 nitrogen and oxygen atoms in total. The molecule has 0 aromatic heterocycles. The molecule has 82 valence electrons. The topological polar surface area (TPSA) is 63.4 Å². The van der Waals surface area contributed by atoms with Crippen LogP contribution < -0.4 is 5.73 Å². The quantitative estimate of drug-likeness (QED) is 0.705. The monoisotopic (exact) mass is 218 g/mol. The van der Waals surface area contributed by atoms with E-state index in [9.17, 15) is 9.00 Å². The van der Waals surface area contributed by atoms with Gasteiger partial charge in [0.15, 0.2) is 0 Å². The number of carbonyl (C=O) groups is 1. The van der Waals surface area contributed by atoms with Crippen molar-refractivity contribution >= 4 is 16.7 Å². The summed E-state index contributed by atoms with van der Waals surface area (Å²) in [5.74, 6) is 0.0206. The van der Waals surface area contributed by atoms with E-state index in [4.69, 9.17) is 5.73 Å². The molecule has 0 spiro atoms. The molecule has 0 bridgehead atoms. The second-order valence-electron chi connectivity index (χ2n) is 3.75. The fourth-order valence-electron chi connectivity index (χ4n) is 1.64. The van der Waals surface area contributed by atoms with Gasteiger partial charge in [0.05, 0.1) is 0 Å². The van der Waals surface area contributed by atoms with Gasteiger partial charge in [0, 0.05) is 29.6 Å². The number of nitrogens with two attached hydrogens (primary N) is 1. The third-order valence-electron chi connectivity index (χ3n) is 2.63. The standard InChI is InChI=1S/C9H18N2O2S/c1-7(3-5-10)14(13)8-4-6-11(2)9(8)12/h7-8H,3-6,10H2,1-2H3. The third kappa shape index (κ3) is 2.33. The summed E-state index contributed by atoms with van der Waals surface area (Å²) in [5.41, 5.74) is 5.40. The molecule has 14 heavy (non-hydrogen) atoms. The van der Waals surface area contributed by atoms with Crippen LogP contribution in [0, 0.1) is 0 Å². The van der Waals surface area contributed by atoms with E-state index in [1.165, 1.54) is 0 Å². The molecule has 1 fully saturated rings. The van der Waals surface area contributed by atoms with E-state index in [0.717, 1.165) is 19.4 Å². The molecule has 1 amide bonds. The molecule has 3 atom stereocenters. The van der Waals surface area contributed by atoms with Crippen LogP contribution in [0.5, 0.6) is 0 Å². The maximum Gasteiger partial charge on any atom is 0.238 e. The zero-order valence-corrected chi connectivity index (χ0v) is 9.55. The molecule has 0 aromatic carbocycles. The molecule has 1 aliphatic heterocycles. The summed E-state index contributed by atoms with van der Waals surface area (Å²) >= 11 is 0. The Balaban J connectivity index is 2.57. The van der Waals surface area contributed by atoms with Gasteiger partial charge in [-0.05, 0) is 19.4 Å². The van der Waals surface area contributed by atoms with Crippen molar-refractivity contribution in [1.82, 2.24) is 4.90 Å². The van der Waals surface area contributed by atoms with Gasteiger partial charge in [0.2, 0.25) is 5.91 Å². The Hall–Kier alpha value is -0.420. The van der Waals surface area contributed by atoms with E-state index in [-0.39, 0.29) is 16.4 Å². The molecule has 0 radical (unpaired) electrons. The first kappa shape index (κ1) is 11.7. The highest BCUT2D eigenvalue weighted by atomic mass is 32.2. The Morgan fingerprint density at radius 3 is 2.79 bits per heavy atom. The van der Waals surface area contributed by atoms with Gasteiger partial charge in [-0.1, -0.05) is 6.92 Å². The first-order chi connectivity index (χ1) is 6.57. The largest absolute Gasteiger partial charge is 0.345 e. The molecule has 0 aromatic rings. The number of rotatable bonds is 4. The zero-order chi connectivity index (χ0) is 10.7. The van der Waals surface area contributed by atoms with Gasteiger partial charge in [-0.2, -0.15) is 0 Å². The maximum absolute atomic E-state index is 11.9. The first-order valence-corrected chi connectivity index (χ1v) is 6.20. The number of amides is 1. The summed E-state index contributed by atoms with van der Waals surface area (Å²) in [7, 11) is 0.695. The minimum absolute atomic E-state index is 0.0206. The third-order valence-corrected chi connectivity index (χ3v) is 4.66.